The molecule has 3 aliphatic heterocycles. The molecule has 7 nitrogen and oxygen atoms in total. The minimum absolute atomic E-state index is 0.0862. The van der Waals surface area contributed by atoms with Crippen molar-refractivity contribution in [2.45, 2.75) is 25.5 Å². The average molecular weight is 380 g/mol. The van der Waals surface area contributed by atoms with E-state index in [0.717, 1.165) is 18.5 Å². The smallest absolute Gasteiger partial charge is 0.321 e. The molecule has 0 saturated carbocycles. The van der Waals surface area contributed by atoms with Gasteiger partial charge < -0.3 is 19.9 Å². The summed E-state index contributed by atoms with van der Waals surface area (Å²) in [6, 6.07) is 12.9. The molecule has 7 heteroatoms. The summed E-state index contributed by atoms with van der Waals surface area (Å²) in [6.07, 6.45) is 3.55. The second kappa shape index (κ2) is 7.88. The number of carbonyl (C=O) groups is 2. The molecule has 1 N–H and O–H groups in total. The normalized spacial score (nSPS) is 21.4. The van der Waals surface area contributed by atoms with Gasteiger partial charge in [0, 0.05) is 38.1 Å². The molecule has 2 bridgehead atoms. The second-order valence-corrected chi connectivity index (χ2v) is 7.35. The van der Waals surface area contributed by atoms with Crippen LogP contribution >= 0.6 is 0 Å². The van der Waals surface area contributed by atoms with E-state index in [9.17, 15) is 9.59 Å². The van der Waals surface area contributed by atoms with E-state index in [-0.39, 0.29) is 23.9 Å². The summed E-state index contributed by atoms with van der Waals surface area (Å²) in [5.74, 6) is 0.779. The molecule has 0 unspecified atom stereocenters. The number of benzene rings is 1. The zero-order valence-electron chi connectivity index (χ0n) is 15.9. The van der Waals surface area contributed by atoms with Gasteiger partial charge in [0.15, 0.2) is 0 Å². The zero-order valence-corrected chi connectivity index (χ0v) is 15.9. The van der Waals surface area contributed by atoms with E-state index < -0.39 is 0 Å². The standard InChI is InChI=1S/C21H24N4O3/c1-24-18-8-5-15(20(24)26)12-25(13-18)21(27)23-16-6-9-19(10-7-16)28-14-17-4-2-3-11-22-17/h2-4,6-7,9-11,15,18H,5,8,12-14H2,1H3,(H,23,27)/t15-,18+/m1/s1. The Hall–Kier alpha value is -3.09. The number of nitrogens with one attached hydrogen (secondary N) is 1. The Labute approximate surface area is 164 Å². The second-order valence-electron chi connectivity index (χ2n) is 7.35. The monoisotopic (exact) mass is 380 g/mol. The van der Waals surface area contributed by atoms with Gasteiger partial charge in [0.05, 0.1) is 11.6 Å². The molecular formula is C21H24N4O3. The number of rotatable bonds is 4. The fraction of sp³-hybridized carbons (Fsp3) is 0.381. The summed E-state index contributed by atoms with van der Waals surface area (Å²) < 4.78 is 5.72. The first-order chi connectivity index (χ1) is 13.6. The van der Waals surface area contributed by atoms with Gasteiger partial charge in [0.2, 0.25) is 5.91 Å². The van der Waals surface area contributed by atoms with Gasteiger partial charge >= 0.3 is 6.03 Å². The molecule has 0 radical (unpaired) electrons. The summed E-state index contributed by atoms with van der Waals surface area (Å²) in [7, 11) is 1.84. The predicted molar refractivity (Wildman–Crippen MR) is 105 cm³/mol. The van der Waals surface area contributed by atoms with Crippen LogP contribution in [0.1, 0.15) is 18.5 Å². The van der Waals surface area contributed by atoms with Crippen molar-refractivity contribution < 1.29 is 14.3 Å². The van der Waals surface area contributed by atoms with Crippen molar-refractivity contribution in [1.29, 1.82) is 0 Å². The number of anilines is 1. The first kappa shape index (κ1) is 18.3. The lowest BCUT2D eigenvalue weighted by molar-refractivity contribution is -0.138. The molecule has 3 fully saturated rings. The first-order valence-corrected chi connectivity index (χ1v) is 9.55. The van der Waals surface area contributed by atoms with Crippen LogP contribution in [0.5, 0.6) is 5.75 Å². The molecule has 3 aliphatic rings. The minimum atomic E-state index is -0.165. The number of hydrogen-bond donors (Lipinski definition) is 1. The quantitative estimate of drug-likeness (QED) is 0.885. The average Bonchev–Trinajstić information content (AvgIpc) is 3.01. The van der Waals surface area contributed by atoms with E-state index in [4.69, 9.17) is 4.74 Å². The third-order valence-electron chi connectivity index (χ3n) is 5.47. The molecule has 2 atom stereocenters. The number of likely N-dealkylation sites (N-methyl/N-ethyl adjacent to an activating group) is 1. The van der Waals surface area contributed by atoms with Gasteiger partial charge in [-0.25, -0.2) is 4.79 Å². The SMILES string of the molecule is CN1C(=O)[C@@H]2CC[C@H]1CN(C(=O)Nc1ccc(OCc3ccccn3)cc1)C2. The maximum absolute atomic E-state index is 12.7. The fourth-order valence-electron chi connectivity index (χ4n) is 3.80. The van der Waals surface area contributed by atoms with Crippen LogP contribution in [-0.2, 0) is 11.4 Å². The molecule has 5 rings (SSSR count). The fourth-order valence-corrected chi connectivity index (χ4v) is 3.80. The molecule has 146 valence electrons. The van der Waals surface area contributed by atoms with E-state index in [1.807, 2.05) is 49.5 Å². The van der Waals surface area contributed by atoms with Crippen LogP contribution in [-0.4, -0.2) is 52.9 Å². The summed E-state index contributed by atoms with van der Waals surface area (Å²) in [5.41, 5.74) is 1.56. The number of pyridine rings is 1. The van der Waals surface area contributed by atoms with Crippen LogP contribution in [0.15, 0.2) is 48.7 Å². The Balaban J connectivity index is 1.34. The van der Waals surface area contributed by atoms with Crippen molar-refractivity contribution >= 4 is 17.6 Å². The molecular weight excluding hydrogens is 356 g/mol. The number of nitrogens with zero attached hydrogens (tertiary/aromatic N) is 3. The number of amides is 3. The van der Waals surface area contributed by atoms with Crippen LogP contribution in [0.2, 0.25) is 0 Å². The highest BCUT2D eigenvalue weighted by molar-refractivity contribution is 5.90. The maximum atomic E-state index is 12.7. The van der Waals surface area contributed by atoms with Crippen molar-refractivity contribution in [2.75, 3.05) is 25.5 Å². The van der Waals surface area contributed by atoms with Gasteiger partial charge in [-0.1, -0.05) is 6.07 Å². The van der Waals surface area contributed by atoms with Gasteiger partial charge in [-0.15, -0.1) is 0 Å². The van der Waals surface area contributed by atoms with Gasteiger partial charge in [-0.3, -0.25) is 9.78 Å². The van der Waals surface area contributed by atoms with Crippen LogP contribution in [0, 0.1) is 5.92 Å². The highest BCUT2D eigenvalue weighted by Crippen LogP contribution is 2.28. The van der Waals surface area contributed by atoms with Crippen molar-refractivity contribution in [2.24, 2.45) is 5.92 Å². The van der Waals surface area contributed by atoms with E-state index >= 15 is 0 Å². The predicted octanol–water partition coefficient (Wildman–Crippen LogP) is 2.75. The molecule has 1 aromatic carbocycles. The lowest BCUT2D eigenvalue weighted by Gasteiger charge is -2.32. The van der Waals surface area contributed by atoms with Gasteiger partial charge in [-0.2, -0.15) is 0 Å². The van der Waals surface area contributed by atoms with Gasteiger partial charge in [0.25, 0.3) is 0 Å². The van der Waals surface area contributed by atoms with Crippen LogP contribution in [0.3, 0.4) is 0 Å². The van der Waals surface area contributed by atoms with Gasteiger partial charge in [-0.05, 0) is 49.2 Å². The Morgan fingerprint density at radius 3 is 2.75 bits per heavy atom. The third-order valence-corrected chi connectivity index (χ3v) is 5.47. The highest BCUT2D eigenvalue weighted by atomic mass is 16.5. The number of fused-ring (bicyclic) bond motifs is 4. The summed E-state index contributed by atoms with van der Waals surface area (Å²) >= 11 is 0. The Kier molecular flexibility index (Phi) is 5.14. The number of ether oxygens (including phenoxy) is 1. The maximum Gasteiger partial charge on any atom is 0.321 e. The molecule has 3 saturated heterocycles. The third kappa shape index (κ3) is 3.93. The Morgan fingerprint density at radius 2 is 2.00 bits per heavy atom. The summed E-state index contributed by atoms with van der Waals surface area (Å²) in [5, 5.41) is 2.93. The first-order valence-electron chi connectivity index (χ1n) is 9.55. The molecule has 28 heavy (non-hydrogen) atoms. The molecule has 2 aromatic rings. The molecule has 0 aliphatic carbocycles. The number of aromatic nitrogens is 1. The molecule has 3 amide bonds. The van der Waals surface area contributed by atoms with Crippen molar-refractivity contribution in [1.82, 2.24) is 14.8 Å². The van der Waals surface area contributed by atoms with E-state index in [1.54, 1.807) is 16.0 Å². The lowest BCUT2D eigenvalue weighted by atomic mass is 9.95. The topological polar surface area (TPSA) is 74.8 Å². The summed E-state index contributed by atoms with van der Waals surface area (Å²) in [6.45, 7) is 1.46. The van der Waals surface area contributed by atoms with Crippen molar-refractivity contribution in [3.63, 3.8) is 0 Å². The highest BCUT2D eigenvalue weighted by Gasteiger charge is 2.40. The van der Waals surface area contributed by atoms with Crippen LogP contribution in [0.25, 0.3) is 0 Å². The van der Waals surface area contributed by atoms with Crippen molar-refractivity contribution in [3.05, 3.63) is 54.4 Å². The van der Waals surface area contributed by atoms with E-state index in [0.29, 0.717) is 31.1 Å². The Bertz CT molecular complexity index is 840. The number of piperidine rings is 1. The largest absolute Gasteiger partial charge is 0.487 e. The summed E-state index contributed by atoms with van der Waals surface area (Å²) in [4.78, 5) is 32.8. The van der Waals surface area contributed by atoms with Crippen LogP contribution in [0.4, 0.5) is 10.5 Å². The van der Waals surface area contributed by atoms with Crippen LogP contribution < -0.4 is 10.1 Å². The van der Waals surface area contributed by atoms with Crippen molar-refractivity contribution in [3.8, 4) is 5.75 Å². The zero-order chi connectivity index (χ0) is 19.5. The van der Waals surface area contributed by atoms with E-state index in [1.165, 1.54) is 0 Å². The molecule has 0 spiro atoms. The minimum Gasteiger partial charge on any atom is -0.487 e. The number of carbonyl (C=O) groups excluding carboxylic acids is 2. The van der Waals surface area contributed by atoms with Gasteiger partial charge in [0.1, 0.15) is 12.4 Å². The Morgan fingerprint density at radius 1 is 1.18 bits per heavy atom. The number of urea groups is 1. The van der Waals surface area contributed by atoms with E-state index in [2.05, 4.69) is 10.3 Å². The molecule has 1 aromatic heterocycles. The molecule has 4 heterocycles. The number of hydrogen-bond acceptors (Lipinski definition) is 4. The lowest BCUT2D eigenvalue weighted by Crippen LogP contribution is -2.45.